The Balaban J connectivity index is 1.73. The Morgan fingerprint density at radius 2 is 1.79 bits per heavy atom. The van der Waals surface area contributed by atoms with Gasteiger partial charge in [-0.05, 0) is 31.3 Å². The van der Waals surface area contributed by atoms with E-state index in [4.69, 9.17) is 0 Å². The number of para-hydroxylation sites is 1. The number of rotatable bonds is 2. The van der Waals surface area contributed by atoms with Crippen molar-refractivity contribution in [3.8, 4) is 5.69 Å². The topological polar surface area (TPSA) is 57.2 Å². The van der Waals surface area contributed by atoms with Gasteiger partial charge in [0.1, 0.15) is 5.82 Å². The molecule has 2 aromatic carbocycles. The maximum atomic E-state index is 14.5. The van der Waals surface area contributed by atoms with E-state index >= 15 is 0 Å². The van der Waals surface area contributed by atoms with Crippen molar-refractivity contribution in [3.05, 3.63) is 64.8 Å². The van der Waals surface area contributed by atoms with Gasteiger partial charge in [-0.25, -0.2) is 9.07 Å². The van der Waals surface area contributed by atoms with E-state index in [-0.39, 0.29) is 11.4 Å². The van der Waals surface area contributed by atoms with Crippen LogP contribution in [-0.2, 0) is 0 Å². The SMILES string of the molecule is CN1CCN(c2cc(F)cc3c2ncc2c(=O)n(-c4ccccc4)[nH]c23)CC1. The first-order chi connectivity index (χ1) is 13.6. The van der Waals surface area contributed by atoms with Gasteiger partial charge in [0.25, 0.3) is 5.56 Å². The molecule has 1 aliphatic heterocycles. The lowest BCUT2D eigenvalue weighted by molar-refractivity contribution is 0.313. The number of hydrogen-bond acceptors (Lipinski definition) is 4. The third kappa shape index (κ3) is 2.66. The van der Waals surface area contributed by atoms with Crippen LogP contribution in [0.5, 0.6) is 0 Å². The van der Waals surface area contributed by atoms with Crippen LogP contribution in [0.3, 0.4) is 0 Å². The molecule has 1 aliphatic rings. The number of nitrogens with zero attached hydrogens (tertiary/aromatic N) is 4. The van der Waals surface area contributed by atoms with Crippen LogP contribution in [0.15, 0.2) is 53.5 Å². The zero-order chi connectivity index (χ0) is 19.3. The molecule has 3 heterocycles. The number of fused-ring (bicyclic) bond motifs is 3. The molecule has 6 nitrogen and oxygen atoms in total. The van der Waals surface area contributed by atoms with Gasteiger partial charge < -0.3 is 9.80 Å². The molecule has 5 rings (SSSR count). The first-order valence-corrected chi connectivity index (χ1v) is 9.34. The van der Waals surface area contributed by atoms with Crippen molar-refractivity contribution in [3.63, 3.8) is 0 Å². The van der Waals surface area contributed by atoms with E-state index in [1.165, 1.54) is 10.7 Å². The molecule has 0 saturated carbocycles. The minimum Gasteiger partial charge on any atom is -0.367 e. The molecule has 7 heteroatoms. The van der Waals surface area contributed by atoms with Crippen molar-refractivity contribution in [2.24, 2.45) is 0 Å². The number of aromatic nitrogens is 3. The summed E-state index contributed by atoms with van der Waals surface area (Å²) < 4.78 is 16.0. The van der Waals surface area contributed by atoms with E-state index < -0.39 is 0 Å². The Kier molecular flexibility index (Phi) is 3.91. The summed E-state index contributed by atoms with van der Waals surface area (Å²) in [6, 6.07) is 12.3. The van der Waals surface area contributed by atoms with Crippen LogP contribution < -0.4 is 10.5 Å². The number of pyridine rings is 1. The minimum absolute atomic E-state index is 0.194. The average molecular weight is 377 g/mol. The van der Waals surface area contributed by atoms with E-state index in [0.717, 1.165) is 37.6 Å². The van der Waals surface area contributed by atoms with Crippen molar-refractivity contribution in [2.45, 2.75) is 0 Å². The van der Waals surface area contributed by atoms with Crippen LogP contribution in [0.2, 0.25) is 0 Å². The van der Waals surface area contributed by atoms with Gasteiger partial charge >= 0.3 is 0 Å². The van der Waals surface area contributed by atoms with Crippen molar-refractivity contribution in [1.29, 1.82) is 0 Å². The fourth-order valence-corrected chi connectivity index (χ4v) is 3.86. The van der Waals surface area contributed by atoms with Crippen LogP contribution in [0.4, 0.5) is 10.1 Å². The van der Waals surface area contributed by atoms with Crippen molar-refractivity contribution in [1.82, 2.24) is 19.7 Å². The monoisotopic (exact) mass is 377 g/mol. The van der Waals surface area contributed by atoms with Gasteiger partial charge in [-0.15, -0.1) is 0 Å². The van der Waals surface area contributed by atoms with E-state index in [0.29, 0.717) is 21.8 Å². The third-order valence-corrected chi connectivity index (χ3v) is 5.43. The summed E-state index contributed by atoms with van der Waals surface area (Å²) in [5.74, 6) is -0.330. The minimum atomic E-state index is -0.330. The summed E-state index contributed by atoms with van der Waals surface area (Å²) >= 11 is 0. The van der Waals surface area contributed by atoms with Crippen molar-refractivity contribution in [2.75, 3.05) is 38.1 Å². The molecule has 0 aliphatic carbocycles. The smallest absolute Gasteiger partial charge is 0.280 e. The normalized spacial score (nSPS) is 15.6. The van der Waals surface area contributed by atoms with Crippen molar-refractivity contribution >= 4 is 27.5 Å². The molecule has 1 saturated heterocycles. The lowest BCUT2D eigenvalue weighted by Crippen LogP contribution is -2.44. The van der Waals surface area contributed by atoms with Crippen LogP contribution in [-0.4, -0.2) is 52.9 Å². The summed E-state index contributed by atoms with van der Waals surface area (Å²) in [5.41, 5.74) is 2.63. The molecule has 0 atom stereocenters. The Morgan fingerprint density at radius 1 is 1.04 bits per heavy atom. The second-order valence-electron chi connectivity index (χ2n) is 7.25. The highest BCUT2D eigenvalue weighted by Crippen LogP contribution is 2.31. The van der Waals surface area contributed by atoms with Crippen LogP contribution in [0, 0.1) is 5.82 Å². The molecule has 0 spiro atoms. The number of H-pyrrole nitrogens is 1. The number of aromatic amines is 1. The predicted octanol–water partition coefficient (Wildman–Crippen LogP) is 2.76. The Labute approximate surface area is 160 Å². The van der Waals surface area contributed by atoms with Gasteiger partial charge in [0.05, 0.1) is 27.8 Å². The summed E-state index contributed by atoms with van der Waals surface area (Å²) in [4.78, 5) is 21.8. The molecule has 4 aromatic rings. The highest BCUT2D eigenvalue weighted by Gasteiger charge is 2.20. The molecule has 0 radical (unpaired) electrons. The fraction of sp³-hybridized carbons (Fsp3) is 0.238. The molecule has 2 aromatic heterocycles. The Hall–Kier alpha value is -3.19. The first-order valence-electron chi connectivity index (χ1n) is 9.34. The second kappa shape index (κ2) is 6.45. The summed E-state index contributed by atoms with van der Waals surface area (Å²) in [7, 11) is 2.08. The molecule has 28 heavy (non-hydrogen) atoms. The molecular weight excluding hydrogens is 357 g/mol. The van der Waals surface area contributed by atoms with Crippen molar-refractivity contribution < 1.29 is 4.39 Å². The molecule has 1 N–H and O–H groups in total. The van der Waals surface area contributed by atoms with Gasteiger partial charge in [-0.3, -0.25) is 14.9 Å². The maximum Gasteiger partial charge on any atom is 0.280 e. The van der Waals surface area contributed by atoms with E-state index in [9.17, 15) is 9.18 Å². The van der Waals surface area contributed by atoms with Gasteiger partial charge in [0.15, 0.2) is 0 Å². The average Bonchev–Trinajstić information content (AvgIpc) is 3.06. The van der Waals surface area contributed by atoms with E-state index in [2.05, 4.69) is 26.9 Å². The maximum absolute atomic E-state index is 14.5. The Morgan fingerprint density at radius 3 is 2.54 bits per heavy atom. The second-order valence-corrected chi connectivity index (χ2v) is 7.25. The number of likely N-dealkylation sites (N-methyl/N-ethyl adjacent to an activating group) is 1. The van der Waals surface area contributed by atoms with E-state index in [1.54, 1.807) is 12.3 Å². The zero-order valence-corrected chi connectivity index (χ0v) is 15.5. The highest BCUT2D eigenvalue weighted by atomic mass is 19.1. The number of piperazine rings is 1. The standard InChI is InChI=1S/C21H20FN5O/c1-25-7-9-26(10-8-25)18-12-14(22)11-16-19-17(13-23-20(16)18)21(28)27(24-19)15-5-3-2-4-6-15/h2-6,11-13,24H,7-10H2,1H3. The molecule has 0 amide bonds. The summed E-state index contributed by atoms with van der Waals surface area (Å²) in [5, 5.41) is 4.23. The third-order valence-electron chi connectivity index (χ3n) is 5.43. The van der Waals surface area contributed by atoms with Crippen LogP contribution in [0.25, 0.3) is 27.5 Å². The van der Waals surface area contributed by atoms with Gasteiger partial charge in [0, 0.05) is 37.8 Å². The molecule has 0 unspecified atom stereocenters. The lowest BCUT2D eigenvalue weighted by atomic mass is 10.1. The number of nitrogens with one attached hydrogen (secondary N) is 1. The summed E-state index contributed by atoms with van der Waals surface area (Å²) in [6.45, 7) is 3.47. The number of hydrogen-bond donors (Lipinski definition) is 1. The van der Waals surface area contributed by atoms with E-state index in [1.807, 2.05) is 30.3 Å². The molecule has 0 bridgehead atoms. The first kappa shape index (κ1) is 16.9. The number of anilines is 1. The summed E-state index contributed by atoms with van der Waals surface area (Å²) in [6.07, 6.45) is 1.59. The Bertz CT molecular complexity index is 1220. The van der Waals surface area contributed by atoms with Crippen LogP contribution in [0.1, 0.15) is 0 Å². The van der Waals surface area contributed by atoms with Gasteiger partial charge in [-0.1, -0.05) is 18.2 Å². The van der Waals surface area contributed by atoms with Gasteiger partial charge in [0.2, 0.25) is 0 Å². The number of halogens is 1. The molecule has 142 valence electrons. The van der Waals surface area contributed by atoms with Crippen LogP contribution >= 0.6 is 0 Å². The molecule has 1 fully saturated rings. The largest absolute Gasteiger partial charge is 0.367 e. The highest BCUT2D eigenvalue weighted by molar-refractivity contribution is 6.07. The lowest BCUT2D eigenvalue weighted by Gasteiger charge is -2.34. The number of benzene rings is 2. The fourth-order valence-electron chi connectivity index (χ4n) is 3.86. The van der Waals surface area contributed by atoms with Gasteiger partial charge in [-0.2, -0.15) is 0 Å². The quantitative estimate of drug-likeness (QED) is 0.584. The molecular formula is C21H20FN5O. The zero-order valence-electron chi connectivity index (χ0n) is 15.5. The predicted molar refractivity (Wildman–Crippen MR) is 109 cm³/mol.